The molecule has 3 heterocycles. The number of imidazole rings is 1. The Hall–Kier alpha value is -2.21. The van der Waals surface area contributed by atoms with Crippen LogP contribution in [0.1, 0.15) is 23.7 Å². The van der Waals surface area contributed by atoms with E-state index in [1.54, 1.807) is 41.6 Å². The molecule has 0 unspecified atom stereocenters. The molecule has 6 heteroatoms. The minimum Gasteiger partial charge on any atom is -0.376 e. The maximum Gasteiger partial charge on any atom is 0.251 e. The topological polar surface area (TPSA) is 69.0 Å². The predicted octanol–water partition coefficient (Wildman–Crippen LogP) is 1.17. The van der Waals surface area contributed by atoms with E-state index in [4.69, 9.17) is 4.74 Å². The average molecular weight is 272 g/mol. The zero-order valence-electron chi connectivity index (χ0n) is 11.2. The van der Waals surface area contributed by atoms with Crippen LogP contribution in [0.2, 0.25) is 0 Å². The first-order valence-electron chi connectivity index (χ1n) is 6.61. The molecular weight excluding hydrogens is 256 g/mol. The second kappa shape index (κ2) is 5.42. The summed E-state index contributed by atoms with van der Waals surface area (Å²) in [5, 5.41) is 3.00. The molecule has 0 spiro atoms. The number of carbonyl (C=O) groups is 1. The number of nitrogens with zero attached hydrogens (tertiary/aromatic N) is 3. The first kappa shape index (κ1) is 12.8. The summed E-state index contributed by atoms with van der Waals surface area (Å²) in [7, 11) is 0. The average Bonchev–Trinajstić information content (AvgIpc) is 3.12. The van der Waals surface area contributed by atoms with Gasteiger partial charge < -0.3 is 10.1 Å². The van der Waals surface area contributed by atoms with E-state index in [9.17, 15) is 4.79 Å². The highest BCUT2D eigenvalue weighted by atomic mass is 16.5. The molecule has 3 rings (SSSR count). The van der Waals surface area contributed by atoms with E-state index in [0.717, 1.165) is 6.42 Å². The summed E-state index contributed by atoms with van der Waals surface area (Å²) in [6, 6.07) is 3.53. The highest BCUT2D eigenvalue weighted by Gasteiger charge is 2.26. The van der Waals surface area contributed by atoms with E-state index in [0.29, 0.717) is 18.0 Å². The predicted molar refractivity (Wildman–Crippen MR) is 72.6 cm³/mol. The number of nitrogens with one attached hydrogen (secondary N) is 1. The van der Waals surface area contributed by atoms with Gasteiger partial charge >= 0.3 is 0 Å². The molecule has 0 radical (unpaired) electrons. The summed E-state index contributed by atoms with van der Waals surface area (Å²) in [4.78, 5) is 20.5. The largest absolute Gasteiger partial charge is 0.376 e. The molecule has 0 aliphatic carbocycles. The van der Waals surface area contributed by atoms with Crippen LogP contribution >= 0.6 is 0 Å². The zero-order valence-corrected chi connectivity index (χ0v) is 11.2. The SMILES string of the molecule is C[C@@H]1OCC[C@@H]1NC(=O)c1ccnc(-n2ccnc2)c1. The summed E-state index contributed by atoms with van der Waals surface area (Å²) < 4.78 is 7.21. The van der Waals surface area contributed by atoms with Gasteiger partial charge in [0.1, 0.15) is 12.1 Å². The van der Waals surface area contributed by atoms with Gasteiger partial charge in [-0.15, -0.1) is 0 Å². The highest BCUT2D eigenvalue weighted by molar-refractivity contribution is 5.94. The molecule has 1 amide bonds. The Morgan fingerprint density at radius 3 is 3.10 bits per heavy atom. The summed E-state index contributed by atoms with van der Waals surface area (Å²) in [6.45, 7) is 2.67. The van der Waals surface area contributed by atoms with Crippen molar-refractivity contribution < 1.29 is 9.53 Å². The molecule has 0 saturated carbocycles. The van der Waals surface area contributed by atoms with Crippen LogP contribution in [0, 0.1) is 0 Å². The van der Waals surface area contributed by atoms with Crippen LogP contribution in [-0.4, -0.2) is 39.2 Å². The lowest BCUT2D eigenvalue weighted by Crippen LogP contribution is -2.39. The molecular formula is C14H16N4O2. The van der Waals surface area contributed by atoms with Gasteiger partial charge in [0.25, 0.3) is 5.91 Å². The van der Waals surface area contributed by atoms with Crippen LogP contribution < -0.4 is 5.32 Å². The van der Waals surface area contributed by atoms with Crippen molar-refractivity contribution in [2.75, 3.05) is 6.61 Å². The second-order valence-corrected chi connectivity index (χ2v) is 4.82. The standard InChI is InChI=1S/C14H16N4O2/c1-10-12(3-7-20-10)17-14(19)11-2-4-16-13(8-11)18-6-5-15-9-18/h2,4-6,8-10,12H,3,7H2,1H3,(H,17,19)/t10-,12-/m0/s1. The molecule has 1 fully saturated rings. The molecule has 2 atom stereocenters. The quantitative estimate of drug-likeness (QED) is 0.910. The van der Waals surface area contributed by atoms with Crippen molar-refractivity contribution in [1.29, 1.82) is 0 Å². The van der Waals surface area contributed by atoms with E-state index >= 15 is 0 Å². The van der Waals surface area contributed by atoms with Crippen LogP contribution in [0.25, 0.3) is 5.82 Å². The van der Waals surface area contributed by atoms with Gasteiger partial charge in [-0.25, -0.2) is 9.97 Å². The smallest absolute Gasteiger partial charge is 0.251 e. The number of amides is 1. The number of hydrogen-bond acceptors (Lipinski definition) is 4. The molecule has 2 aromatic heterocycles. The van der Waals surface area contributed by atoms with Gasteiger partial charge in [-0.3, -0.25) is 9.36 Å². The van der Waals surface area contributed by atoms with Gasteiger partial charge in [0.2, 0.25) is 0 Å². The van der Waals surface area contributed by atoms with E-state index in [1.165, 1.54) is 0 Å². The third kappa shape index (κ3) is 2.55. The van der Waals surface area contributed by atoms with Crippen LogP contribution in [0.15, 0.2) is 37.1 Å². The van der Waals surface area contributed by atoms with Crippen LogP contribution in [0.5, 0.6) is 0 Å². The Balaban J connectivity index is 1.76. The van der Waals surface area contributed by atoms with Gasteiger partial charge in [-0.1, -0.05) is 0 Å². The molecule has 0 aromatic carbocycles. The molecule has 104 valence electrons. The summed E-state index contributed by atoms with van der Waals surface area (Å²) in [6.07, 6.45) is 7.65. The van der Waals surface area contributed by atoms with Crippen molar-refractivity contribution in [2.24, 2.45) is 0 Å². The van der Waals surface area contributed by atoms with E-state index in [-0.39, 0.29) is 18.1 Å². The van der Waals surface area contributed by atoms with Crippen molar-refractivity contribution in [1.82, 2.24) is 19.9 Å². The zero-order chi connectivity index (χ0) is 13.9. The Morgan fingerprint density at radius 2 is 2.40 bits per heavy atom. The van der Waals surface area contributed by atoms with Gasteiger partial charge in [-0.2, -0.15) is 0 Å². The molecule has 1 N–H and O–H groups in total. The molecule has 1 aliphatic rings. The van der Waals surface area contributed by atoms with Crippen molar-refractivity contribution in [3.8, 4) is 5.82 Å². The van der Waals surface area contributed by atoms with Crippen molar-refractivity contribution in [2.45, 2.75) is 25.5 Å². The van der Waals surface area contributed by atoms with Crippen LogP contribution in [0.3, 0.4) is 0 Å². The Morgan fingerprint density at radius 1 is 1.50 bits per heavy atom. The van der Waals surface area contributed by atoms with E-state index in [1.807, 2.05) is 6.92 Å². The first-order valence-corrected chi connectivity index (χ1v) is 6.61. The number of ether oxygens (including phenoxy) is 1. The van der Waals surface area contributed by atoms with Gasteiger partial charge in [-0.05, 0) is 25.5 Å². The maximum atomic E-state index is 12.2. The minimum absolute atomic E-state index is 0.0638. The van der Waals surface area contributed by atoms with Gasteiger partial charge in [0.05, 0.1) is 12.1 Å². The Labute approximate surface area is 116 Å². The monoisotopic (exact) mass is 272 g/mol. The number of carbonyl (C=O) groups excluding carboxylic acids is 1. The number of pyridine rings is 1. The second-order valence-electron chi connectivity index (χ2n) is 4.82. The molecule has 2 aromatic rings. The van der Waals surface area contributed by atoms with Crippen molar-refractivity contribution >= 4 is 5.91 Å². The normalized spacial score (nSPS) is 21.9. The lowest BCUT2D eigenvalue weighted by Gasteiger charge is -2.16. The number of aromatic nitrogens is 3. The number of hydrogen-bond donors (Lipinski definition) is 1. The molecule has 0 bridgehead atoms. The summed E-state index contributed by atoms with van der Waals surface area (Å²) >= 11 is 0. The van der Waals surface area contributed by atoms with Crippen molar-refractivity contribution in [3.05, 3.63) is 42.6 Å². The minimum atomic E-state index is -0.101. The lowest BCUT2D eigenvalue weighted by molar-refractivity contribution is 0.0866. The Bertz CT molecular complexity index is 597. The van der Waals surface area contributed by atoms with Crippen LogP contribution in [0.4, 0.5) is 0 Å². The fourth-order valence-electron chi connectivity index (χ4n) is 2.27. The fraction of sp³-hybridized carbons (Fsp3) is 0.357. The van der Waals surface area contributed by atoms with E-state index in [2.05, 4.69) is 15.3 Å². The third-order valence-corrected chi connectivity index (χ3v) is 3.47. The highest BCUT2D eigenvalue weighted by Crippen LogP contribution is 2.14. The third-order valence-electron chi connectivity index (χ3n) is 3.47. The van der Waals surface area contributed by atoms with Gasteiger partial charge in [0, 0.05) is 30.8 Å². The lowest BCUT2D eigenvalue weighted by atomic mass is 10.1. The summed E-state index contributed by atoms with van der Waals surface area (Å²) in [5.74, 6) is 0.571. The molecule has 20 heavy (non-hydrogen) atoms. The van der Waals surface area contributed by atoms with Crippen molar-refractivity contribution in [3.63, 3.8) is 0 Å². The van der Waals surface area contributed by atoms with Crippen LogP contribution in [-0.2, 0) is 4.74 Å². The first-order chi connectivity index (χ1) is 9.74. The molecule has 1 aliphatic heterocycles. The number of rotatable bonds is 3. The van der Waals surface area contributed by atoms with E-state index < -0.39 is 0 Å². The Kier molecular flexibility index (Phi) is 3.47. The fourth-order valence-corrected chi connectivity index (χ4v) is 2.27. The molecule has 6 nitrogen and oxygen atoms in total. The molecule has 1 saturated heterocycles. The van der Waals surface area contributed by atoms with Gasteiger partial charge in [0.15, 0.2) is 0 Å². The maximum absolute atomic E-state index is 12.2. The summed E-state index contributed by atoms with van der Waals surface area (Å²) in [5.41, 5.74) is 0.586.